The largest absolute Gasteiger partial charge is 0.491 e. The summed E-state index contributed by atoms with van der Waals surface area (Å²) in [5.41, 5.74) is 2.60. The molecule has 1 aliphatic heterocycles. The van der Waals surface area contributed by atoms with Crippen molar-refractivity contribution >= 4 is 39.2 Å². The van der Waals surface area contributed by atoms with E-state index in [-0.39, 0.29) is 48.9 Å². The number of nitrogens with zero attached hydrogens (tertiary/aromatic N) is 3. The molecular formula is C32H31BrClN3O4. The minimum absolute atomic E-state index is 0.00566. The van der Waals surface area contributed by atoms with Crippen LogP contribution in [0.15, 0.2) is 82.1 Å². The van der Waals surface area contributed by atoms with Crippen LogP contribution in [0.1, 0.15) is 65.2 Å². The summed E-state index contributed by atoms with van der Waals surface area (Å²) >= 11 is 9.62. The van der Waals surface area contributed by atoms with Crippen molar-refractivity contribution in [1.29, 1.82) is 0 Å². The molecule has 1 aliphatic rings. The van der Waals surface area contributed by atoms with Crippen LogP contribution in [0.25, 0.3) is 5.69 Å². The number of hydrogen-bond donors (Lipinski definition) is 0. The van der Waals surface area contributed by atoms with Crippen LogP contribution in [0.3, 0.4) is 0 Å². The Morgan fingerprint density at radius 3 is 2.34 bits per heavy atom. The monoisotopic (exact) mass is 635 g/mol. The number of imidazole rings is 1. The molecule has 4 aromatic rings. The zero-order chi connectivity index (χ0) is 29.3. The van der Waals surface area contributed by atoms with Gasteiger partial charge in [0.15, 0.2) is 5.78 Å². The summed E-state index contributed by atoms with van der Waals surface area (Å²) < 4.78 is 9.59. The third-order valence-corrected chi connectivity index (χ3v) is 8.46. The smallest absolute Gasteiger partial charge is 0.333 e. The zero-order valence-corrected chi connectivity index (χ0v) is 25.5. The molecule has 3 aromatic carbocycles. The molecule has 0 unspecified atom stereocenters. The first-order valence-corrected chi connectivity index (χ1v) is 14.7. The van der Waals surface area contributed by atoms with Gasteiger partial charge < -0.3 is 9.64 Å². The molecule has 1 aromatic heterocycles. The fraction of sp³-hybridized carbons (Fsp3) is 0.281. The number of carbonyl (C=O) groups is 2. The summed E-state index contributed by atoms with van der Waals surface area (Å²) in [5.74, 6) is 0.250. The van der Waals surface area contributed by atoms with E-state index in [0.717, 1.165) is 5.56 Å². The summed E-state index contributed by atoms with van der Waals surface area (Å²) in [4.78, 5) is 43.0. The fourth-order valence-corrected chi connectivity index (χ4v) is 5.62. The Bertz CT molecular complexity index is 1640. The van der Waals surface area contributed by atoms with Crippen molar-refractivity contribution in [3.63, 3.8) is 0 Å². The number of Topliss-reactive ketones (excluding diaryl/α,β-unsaturated/α-hetero) is 1. The molecule has 0 spiro atoms. The minimum Gasteiger partial charge on any atom is -0.491 e. The maximum Gasteiger partial charge on any atom is 0.333 e. The number of amides is 1. The number of ether oxygens (including phenoxy) is 1. The van der Waals surface area contributed by atoms with E-state index in [1.807, 2.05) is 51.1 Å². The highest BCUT2D eigenvalue weighted by Crippen LogP contribution is 2.28. The Hall–Kier alpha value is -3.62. The van der Waals surface area contributed by atoms with Crippen molar-refractivity contribution in [2.75, 3.05) is 6.54 Å². The molecule has 212 valence electrons. The summed E-state index contributed by atoms with van der Waals surface area (Å²) in [7, 11) is 0. The Labute approximate surface area is 252 Å². The molecule has 1 atom stereocenters. The maximum absolute atomic E-state index is 14.0. The second kappa shape index (κ2) is 12.1. The number of benzene rings is 3. The number of aromatic nitrogens is 2. The summed E-state index contributed by atoms with van der Waals surface area (Å²) in [5, 5.41) is 0.437. The van der Waals surface area contributed by atoms with E-state index < -0.39 is 0 Å². The normalized spacial score (nSPS) is 13.7. The van der Waals surface area contributed by atoms with Gasteiger partial charge in [-0.3, -0.25) is 18.7 Å². The van der Waals surface area contributed by atoms with Crippen LogP contribution in [0, 0.1) is 0 Å². The first-order valence-electron chi connectivity index (χ1n) is 13.6. The van der Waals surface area contributed by atoms with Gasteiger partial charge in [-0.25, -0.2) is 4.79 Å². The lowest BCUT2D eigenvalue weighted by atomic mass is 9.94. The van der Waals surface area contributed by atoms with E-state index in [4.69, 9.17) is 16.3 Å². The first kappa shape index (κ1) is 28.9. The van der Waals surface area contributed by atoms with E-state index in [2.05, 4.69) is 15.9 Å². The molecule has 0 saturated heterocycles. The summed E-state index contributed by atoms with van der Waals surface area (Å²) in [6.07, 6.45) is 0.219. The zero-order valence-electron chi connectivity index (χ0n) is 23.1. The van der Waals surface area contributed by atoms with Crippen LogP contribution in [0.4, 0.5) is 0 Å². The molecule has 9 heteroatoms. The van der Waals surface area contributed by atoms with E-state index >= 15 is 0 Å². The van der Waals surface area contributed by atoms with E-state index in [1.54, 1.807) is 51.9 Å². The van der Waals surface area contributed by atoms with Gasteiger partial charge in [-0.2, -0.15) is 0 Å². The highest BCUT2D eigenvalue weighted by Gasteiger charge is 2.32. The highest BCUT2D eigenvalue weighted by atomic mass is 79.9. The Kier molecular flexibility index (Phi) is 8.52. The molecule has 7 nitrogen and oxygen atoms in total. The molecule has 0 saturated carbocycles. The average Bonchev–Trinajstić information content (AvgIpc) is 3.26. The van der Waals surface area contributed by atoms with Gasteiger partial charge in [0.1, 0.15) is 11.4 Å². The van der Waals surface area contributed by atoms with Crippen LogP contribution in [0.2, 0.25) is 5.02 Å². The Morgan fingerprint density at radius 1 is 0.976 bits per heavy atom. The van der Waals surface area contributed by atoms with Crippen LogP contribution in [-0.4, -0.2) is 38.4 Å². The summed E-state index contributed by atoms with van der Waals surface area (Å²) in [6.45, 7) is 6.63. The number of halogens is 2. The quantitative estimate of drug-likeness (QED) is 0.198. The lowest BCUT2D eigenvalue weighted by Gasteiger charge is -2.28. The third kappa shape index (κ3) is 6.04. The van der Waals surface area contributed by atoms with E-state index in [0.29, 0.717) is 44.4 Å². The number of ketones is 1. The standard InChI is InChI=1S/C32H31BrClN3O4/c1-20(2)41-25-12-10-24(11-13-25)37-30(29(38)17-21(3)22-7-5-4-6-8-22)28-19-35(15-16-36(28)32(37)40)31(39)23-9-14-26(33)27(34)18-23/h4-14,18,20-21H,15-17,19H2,1-3H3/t21-/m0/s1. The van der Waals surface area contributed by atoms with Crippen molar-refractivity contribution in [2.45, 2.75) is 52.3 Å². The van der Waals surface area contributed by atoms with Crippen molar-refractivity contribution in [1.82, 2.24) is 14.0 Å². The van der Waals surface area contributed by atoms with E-state index in [1.165, 1.54) is 4.57 Å². The van der Waals surface area contributed by atoms with Gasteiger partial charge in [-0.05, 0) is 83.7 Å². The van der Waals surface area contributed by atoms with E-state index in [9.17, 15) is 14.4 Å². The van der Waals surface area contributed by atoms with Gasteiger partial charge in [0.25, 0.3) is 5.91 Å². The predicted molar refractivity (Wildman–Crippen MR) is 163 cm³/mol. The molecular weight excluding hydrogens is 606 g/mol. The Balaban J connectivity index is 1.55. The molecule has 0 bridgehead atoms. The molecule has 0 N–H and O–H groups in total. The third-order valence-electron chi connectivity index (χ3n) is 7.22. The number of rotatable bonds is 8. The molecule has 0 aliphatic carbocycles. The van der Waals surface area contributed by atoms with Crippen LogP contribution < -0.4 is 10.4 Å². The second-order valence-electron chi connectivity index (χ2n) is 10.5. The Morgan fingerprint density at radius 2 is 1.68 bits per heavy atom. The molecule has 41 heavy (non-hydrogen) atoms. The number of hydrogen-bond acceptors (Lipinski definition) is 4. The lowest BCUT2D eigenvalue weighted by Crippen LogP contribution is -2.41. The van der Waals surface area contributed by atoms with Gasteiger partial charge in [-0.15, -0.1) is 0 Å². The van der Waals surface area contributed by atoms with Crippen molar-refractivity contribution in [2.24, 2.45) is 0 Å². The first-order chi connectivity index (χ1) is 19.6. The molecule has 0 fully saturated rings. The van der Waals surface area contributed by atoms with Crippen LogP contribution >= 0.6 is 27.5 Å². The van der Waals surface area contributed by atoms with Crippen LogP contribution in [0.5, 0.6) is 5.75 Å². The van der Waals surface area contributed by atoms with Crippen molar-refractivity contribution in [3.8, 4) is 11.4 Å². The fourth-order valence-electron chi connectivity index (χ4n) is 5.19. The van der Waals surface area contributed by atoms with Gasteiger partial charge in [0.2, 0.25) is 0 Å². The minimum atomic E-state index is -0.299. The molecule has 1 amide bonds. The van der Waals surface area contributed by atoms with Crippen molar-refractivity contribution < 1.29 is 14.3 Å². The van der Waals surface area contributed by atoms with Gasteiger partial charge in [-0.1, -0.05) is 48.9 Å². The second-order valence-corrected chi connectivity index (χ2v) is 11.8. The molecule has 2 heterocycles. The molecule has 5 rings (SSSR count). The number of carbonyl (C=O) groups excluding carboxylic acids is 2. The predicted octanol–water partition coefficient (Wildman–Crippen LogP) is 6.87. The topological polar surface area (TPSA) is 73.5 Å². The average molecular weight is 637 g/mol. The van der Waals surface area contributed by atoms with Gasteiger partial charge in [0.05, 0.1) is 29.1 Å². The SMILES string of the molecule is CC(C)Oc1ccc(-n2c(C(=O)C[C@H](C)c3ccccc3)c3n(c2=O)CCN(C(=O)c2ccc(Br)c(Cl)c2)C3)cc1. The lowest BCUT2D eigenvalue weighted by molar-refractivity contribution is 0.0706. The van der Waals surface area contributed by atoms with Gasteiger partial charge >= 0.3 is 5.69 Å². The summed E-state index contributed by atoms with van der Waals surface area (Å²) in [6, 6.07) is 22.1. The molecule has 0 radical (unpaired) electrons. The highest BCUT2D eigenvalue weighted by molar-refractivity contribution is 9.10. The van der Waals surface area contributed by atoms with Crippen molar-refractivity contribution in [3.05, 3.63) is 115 Å². The van der Waals surface area contributed by atoms with Gasteiger partial charge in [0, 0.05) is 29.5 Å². The number of fused-ring (bicyclic) bond motifs is 1. The maximum atomic E-state index is 14.0. The van der Waals surface area contributed by atoms with Crippen LogP contribution in [-0.2, 0) is 13.1 Å².